The van der Waals surface area contributed by atoms with Crippen LogP contribution in [0.2, 0.25) is 0 Å². The standard InChI is InChI=1S/C9H12N2O3S/c1-6(2)11(5-12)8(9(13)14)7-3-15-4-10-7/h3-6,8H,1-2H3,(H,13,14). The molecule has 0 aliphatic heterocycles. The molecule has 0 fully saturated rings. The third-order valence-corrected chi connectivity index (χ3v) is 2.59. The highest BCUT2D eigenvalue weighted by Gasteiger charge is 2.29. The maximum absolute atomic E-state index is 11.1. The van der Waals surface area contributed by atoms with Gasteiger partial charge in [-0.25, -0.2) is 9.78 Å². The number of thiazole rings is 1. The Hall–Kier alpha value is -1.43. The first-order valence-corrected chi connectivity index (χ1v) is 5.35. The Morgan fingerprint density at radius 3 is 2.67 bits per heavy atom. The Bertz CT molecular complexity index is 337. The van der Waals surface area contributed by atoms with E-state index in [0.29, 0.717) is 12.1 Å². The maximum atomic E-state index is 11.1. The highest BCUT2D eigenvalue weighted by molar-refractivity contribution is 7.07. The fourth-order valence-corrected chi connectivity index (χ4v) is 1.82. The van der Waals surface area contributed by atoms with Crippen LogP contribution in [0.3, 0.4) is 0 Å². The van der Waals surface area contributed by atoms with Gasteiger partial charge in [-0.15, -0.1) is 11.3 Å². The number of nitrogens with zero attached hydrogens (tertiary/aromatic N) is 2. The average molecular weight is 228 g/mol. The molecule has 0 saturated heterocycles. The molecule has 0 spiro atoms. The van der Waals surface area contributed by atoms with Gasteiger partial charge in [0.25, 0.3) is 0 Å². The van der Waals surface area contributed by atoms with Crippen LogP contribution in [0.5, 0.6) is 0 Å². The van der Waals surface area contributed by atoms with Crippen LogP contribution in [-0.4, -0.2) is 33.4 Å². The zero-order chi connectivity index (χ0) is 11.4. The second-order valence-corrected chi connectivity index (χ2v) is 4.02. The number of aliphatic carboxylic acids is 1. The van der Waals surface area contributed by atoms with Crippen molar-refractivity contribution >= 4 is 23.7 Å². The minimum atomic E-state index is -1.07. The third kappa shape index (κ3) is 2.53. The maximum Gasteiger partial charge on any atom is 0.332 e. The van der Waals surface area contributed by atoms with E-state index in [1.54, 1.807) is 24.7 Å². The van der Waals surface area contributed by atoms with Crippen molar-refractivity contribution in [2.45, 2.75) is 25.9 Å². The summed E-state index contributed by atoms with van der Waals surface area (Å²) in [7, 11) is 0. The van der Waals surface area contributed by atoms with Gasteiger partial charge in [0.1, 0.15) is 0 Å². The molecule has 1 aromatic rings. The SMILES string of the molecule is CC(C)N(C=O)C(C(=O)O)c1cscn1. The topological polar surface area (TPSA) is 70.5 Å². The lowest BCUT2D eigenvalue weighted by Crippen LogP contribution is -2.38. The highest BCUT2D eigenvalue weighted by Crippen LogP contribution is 2.21. The van der Waals surface area contributed by atoms with Gasteiger partial charge in [-0.1, -0.05) is 0 Å². The van der Waals surface area contributed by atoms with Crippen molar-refractivity contribution in [1.29, 1.82) is 0 Å². The summed E-state index contributed by atoms with van der Waals surface area (Å²) in [5.41, 5.74) is 1.95. The van der Waals surface area contributed by atoms with Gasteiger partial charge in [0.05, 0.1) is 11.2 Å². The largest absolute Gasteiger partial charge is 0.479 e. The highest BCUT2D eigenvalue weighted by atomic mass is 32.1. The molecule has 15 heavy (non-hydrogen) atoms. The number of rotatable bonds is 5. The molecule has 1 rings (SSSR count). The molecule has 1 amide bonds. The molecule has 5 nitrogen and oxygen atoms in total. The second-order valence-electron chi connectivity index (χ2n) is 3.30. The van der Waals surface area contributed by atoms with Gasteiger partial charge in [0, 0.05) is 11.4 Å². The third-order valence-electron chi connectivity index (χ3n) is 1.98. The van der Waals surface area contributed by atoms with E-state index in [4.69, 9.17) is 5.11 Å². The Morgan fingerprint density at radius 2 is 2.33 bits per heavy atom. The Balaban J connectivity index is 3.02. The second kappa shape index (κ2) is 4.88. The summed E-state index contributed by atoms with van der Waals surface area (Å²) in [6, 6.07) is -1.17. The summed E-state index contributed by atoms with van der Waals surface area (Å²) in [4.78, 5) is 27.1. The molecule has 1 atom stereocenters. The summed E-state index contributed by atoms with van der Waals surface area (Å²) in [5, 5.41) is 10.7. The van der Waals surface area contributed by atoms with Crippen LogP contribution in [-0.2, 0) is 9.59 Å². The first-order valence-electron chi connectivity index (χ1n) is 4.41. The number of carbonyl (C=O) groups is 2. The first kappa shape index (κ1) is 11.6. The number of hydrogen-bond donors (Lipinski definition) is 1. The summed E-state index contributed by atoms with van der Waals surface area (Å²) < 4.78 is 0. The van der Waals surface area contributed by atoms with Crippen molar-refractivity contribution in [2.24, 2.45) is 0 Å². The van der Waals surface area contributed by atoms with Gasteiger partial charge in [-0.2, -0.15) is 0 Å². The Kier molecular flexibility index (Phi) is 3.79. The number of amides is 1. The Morgan fingerprint density at radius 1 is 1.67 bits per heavy atom. The quantitative estimate of drug-likeness (QED) is 0.767. The van der Waals surface area contributed by atoms with Gasteiger partial charge in [0.2, 0.25) is 6.41 Å². The van der Waals surface area contributed by atoms with Crippen molar-refractivity contribution in [1.82, 2.24) is 9.88 Å². The molecule has 82 valence electrons. The van der Waals surface area contributed by atoms with E-state index < -0.39 is 12.0 Å². The van der Waals surface area contributed by atoms with Crippen LogP contribution in [0.25, 0.3) is 0 Å². The van der Waals surface area contributed by atoms with Crippen molar-refractivity contribution < 1.29 is 14.7 Å². The van der Waals surface area contributed by atoms with E-state index in [9.17, 15) is 9.59 Å². The summed E-state index contributed by atoms with van der Waals surface area (Å²) >= 11 is 1.31. The minimum absolute atomic E-state index is 0.176. The normalized spacial score (nSPS) is 12.5. The van der Waals surface area contributed by atoms with Crippen molar-refractivity contribution in [3.63, 3.8) is 0 Å². The number of hydrogen-bond acceptors (Lipinski definition) is 4. The average Bonchev–Trinajstić information content (AvgIpc) is 2.64. The predicted octanol–water partition coefficient (Wildman–Crippen LogP) is 1.14. The van der Waals surface area contributed by atoms with Crippen LogP contribution in [0, 0.1) is 0 Å². The molecule has 0 radical (unpaired) electrons. The van der Waals surface area contributed by atoms with E-state index in [-0.39, 0.29) is 6.04 Å². The van der Waals surface area contributed by atoms with E-state index in [2.05, 4.69) is 4.98 Å². The van der Waals surface area contributed by atoms with E-state index >= 15 is 0 Å². The first-order chi connectivity index (χ1) is 7.07. The lowest BCUT2D eigenvalue weighted by atomic mass is 10.1. The number of carboxylic acids is 1. The predicted molar refractivity (Wildman–Crippen MR) is 55.5 cm³/mol. The summed E-state index contributed by atoms with van der Waals surface area (Å²) in [6.07, 6.45) is 0.544. The molecule has 1 unspecified atom stereocenters. The molecule has 0 aliphatic rings. The van der Waals surface area contributed by atoms with Crippen LogP contribution in [0.15, 0.2) is 10.9 Å². The van der Waals surface area contributed by atoms with Crippen LogP contribution < -0.4 is 0 Å². The van der Waals surface area contributed by atoms with Gasteiger partial charge < -0.3 is 10.0 Å². The molecular formula is C9H12N2O3S. The minimum Gasteiger partial charge on any atom is -0.479 e. The van der Waals surface area contributed by atoms with Crippen molar-refractivity contribution in [3.8, 4) is 0 Å². The molecular weight excluding hydrogens is 216 g/mol. The van der Waals surface area contributed by atoms with Crippen molar-refractivity contribution in [2.75, 3.05) is 0 Å². The lowest BCUT2D eigenvalue weighted by Gasteiger charge is -2.27. The fourth-order valence-electron chi connectivity index (χ4n) is 1.24. The van der Waals surface area contributed by atoms with Crippen molar-refractivity contribution in [3.05, 3.63) is 16.6 Å². The van der Waals surface area contributed by atoms with Crippen LogP contribution >= 0.6 is 11.3 Å². The molecule has 1 N–H and O–H groups in total. The van der Waals surface area contributed by atoms with Gasteiger partial charge >= 0.3 is 5.97 Å². The number of carbonyl (C=O) groups excluding carboxylic acids is 1. The fraction of sp³-hybridized carbons (Fsp3) is 0.444. The van der Waals surface area contributed by atoms with Crippen LogP contribution in [0.1, 0.15) is 25.6 Å². The van der Waals surface area contributed by atoms with E-state index in [1.807, 2.05) is 0 Å². The summed E-state index contributed by atoms with van der Waals surface area (Å²) in [5.74, 6) is -1.07. The van der Waals surface area contributed by atoms with E-state index in [0.717, 1.165) is 0 Å². The molecule has 1 heterocycles. The monoisotopic (exact) mass is 228 g/mol. The Labute approximate surface area is 91.4 Å². The smallest absolute Gasteiger partial charge is 0.332 e. The van der Waals surface area contributed by atoms with E-state index in [1.165, 1.54) is 16.2 Å². The molecule has 0 saturated carbocycles. The molecule has 1 aromatic heterocycles. The van der Waals surface area contributed by atoms with Gasteiger partial charge in [0.15, 0.2) is 6.04 Å². The van der Waals surface area contributed by atoms with Gasteiger partial charge in [-0.05, 0) is 13.8 Å². The molecule has 0 bridgehead atoms. The number of aromatic nitrogens is 1. The molecule has 0 aromatic carbocycles. The molecule has 0 aliphatic carbocycles. The number of carboxylic acid groups (broad SMARTS) is 1. The van der Waals surface area contributed by atoms with Gasteiger partial charge in [-0.3, -0.25) is 4.79 Å². The zero-order valence-corrected chi connectivity index (χ0v) is 9.27. The lowest BCUT2D eigenvalue weighted by molar-refractivity contribution is -0.148. The summed E-state index contributed by atoms with van der Waals surface area (Å²) in [6.45, 7) is 3.52. The zero-order valence-electron chi connectivity index (χ0n) is 8.45. The van der Waals surface area contributed by atoms with Crippen LogP contribution in [0.4, 0.5) is 0 Å². The molecule has 6 heteroatoms.